The zero-order chi connectivity index (χ0) is 8.43. The topological polar surface area (TPSA) is 81.2 Å². The molecule has 0 atom stereocenters. The van der Waals surface area contributed by atoms with Crippen LogP contribution in [-0.2, 0) is 13.7 Å². The van der Waals surface area contributed by atoms with E-state index in [-0.39, 0.29) is 12.6 Å². The van der Waals surface area contributed by atoms with E-state index in [2.05, 4.69) is 4.98 Å². The Morgan fingerprint density at radius 2 is 2.55 bits per heavy atom. The average molecular weight is 157 g/mol. The molecule has 0 spiro atoms. The van der Waals surface area contributed by atoms with Gasteiger partial charge in [-0.25, -0.2) is 4.57 Å². The predicted octanol–water partition coefficient (Wildman–Crippen LogP) is -0.179. The molecule has 0 aliphatic carbocycles. The third kappa shape index (κ3) is 1.35. The molecular weight excluding hydrogens is 150 g/mol. The van der Waals surface area contributed by atoms with E-state index < -0.39 is 4.92 Å². The number of aromatic nitrogens is 2. The van der Waals surface area contributed by atoms with Crippen LogP contribution in [0.3, 0.4) is 0 Å². The quantitative estimate of drug-likeness (QED) is 0.477. The van der Waals surface area contributed by atoms with E-state index in [0.29, 0.717) is 5.69 Å². The zero-order valence-corrected chi connectivity index (χ0v) is 5.89. The highest BCUT2D eigenvalue weighted by Crippen LogP contribution is 2.08. The number of nitro groups is 1. The van der Waals surface area contributed by atoms with Crippen LogP contribution in [0.1, 0.15) is 5.69 Å². The molecule has 0 radical (unpaired) electrons. The third-order valence-electron chi connectivity index (χ3n) is 1.23. The highest BCUT2D eigenvalue weighted by atomic mass is 16.6. The first-order valence-electron chi connectivity index (χ1n) is 2.92. The number of imidazole rings is 1. The van der Waals surface area contributed by atoms with E-state index in [1.807, 2.05) is 0 Å². The molecule has 6 nitrogen and oxygen atoms in total. The molecule has 6 heteroatoms. The number of hydrogen-bond donors (Lipinski definition) is 1. The lowest BCUT2D eigenvalue weighted by Gasteiger charge is -1.90. The van der Waals surface area contributed by atoms with Gasteiger partial charge in [-0.05, 0) is 4.92 Å². The van der Waals surface area contributed by atoms with Crippen LogP contribution in [0, 0.1) is 10.1 Å². The van der Waals surface area contributed by atoms with Crippen molar-refractivity contribution in [1.29, 1.82) is 0 Å². The molecular formula is C5H7N3O3. The SMILES string of the molecule is Cn1cc(CO)nc1[N+](=O)[O-]. The summed E-state index contributed by atoms with van der Waals surface area (Å²) in [5.74, 6) is -0.256. The summed E-state index contributed by atoms with van der Waals surface area (Å²) in [7, 11) is 1.50. The Morgan fingerprint density at radius 1 is 1.91 bits per heavy atom. The summed E-state index contributed by atoms with van der Waals surface area (Å²) in [6, 6.07) is 0. The molecule has 1 aromatic heterocycles. The van der Waals surface area contributed by atoms with Crippen molar-refractivity contribution < 1.29 is 10.0 Å². The van der Waals surface area contributed by atoms with Gasteiger partial charge in [-0.2, -0.15) is 0 Å². The normalized spacial score (nSPS) is 10.0. The molecule has 0 unspecified atom stereocenters. The summed E-state index contributed by atoms with van der Waals surface area (Å²) < 4.78 is 1.26. The smallest absolute Gasteiger partial charge is 0.390 e. The Morgan fingerprint density at radius 3 is 2.82 bits per heavy atom. The van der Waals surface area contributed by atoms with E-state index in [0.717, 1.165) is 0 Å². The van der Waals surface area contributed by atoms with Crippen LogP contribution in [0.15, 0.2) is 6.20 Å². The second-order valence-corrected chi connectivity index (χ2v) is 2.06. The van der Waals surface area contributed by atoms with E-state index in [4.69, 9.17) is 5.11 Å². The van der Waals surface area contributed by atoms with Gasteiger partial charge in [-0.1, -0.05) is 4.98 Å². The predicted molar refractivity (Wildman–Crippen MR) is 35.8 cm³/mol. The molecule has 1 heterocycles. The molecule has 1 N–H and O–H groups in total. The van der Waals surface area contributed by atoms with Crippen LogP contribution >= 0.6 is 0 Å². The van der Waals surface area contributed by atoms with Gasteiger partial charge in [0.2, 0.25) is 0 Å². The molecule has 0 bridgehead atoms. The lowest BCUT2D eigenvalue weighted by Crippen LogP contribution is -1.96. The van der Waals surface area contributed by atoms with Crippen molar-refractivity contribution in [1.82, 2.24) is 9.55 Å². The molecule has 0 fully saturated rings. The van der Waals surface area contributed by atoms with Crippen molar-refractivity contribution >= 4 is 5.95 Å². The van der Waals surface area contributed by atoms with Gasteiger partial charge < -0.3 is 15.2 Å². The summed E-state index contributed by atoms with van der Waals surface area (Å²) in [5, 5.41) is 18.8. The first kappa shape index (κ1) is 7.67. The van der Waals surface area contributed by atoms with E-state index >= 15 is 0 Å². The summed E-state index contributed by atoms with van der Waals surface area (Å²) >= 11 is 0. The van der Waals surface area contributed by atoms with Gasteiger partial charge in [0, 0.05) is 0 Å². The first-order chi connectivity index (χ1) is 5.15. The summed E-state index contributed by atoms with van der Waals surface area (Å²) in [5.41, 5.74) is 0.305. The molecule has 1 rings (SSSR count). The Hall–Kier alpha value is -1.43. The van der Waals surface area contributed by atoms with Crippen molar-refractivity contribution in [3.05, 3.63) is 22.0 Å². The van der Waals surface area contributed by atoms with E-state index in [1.165, 1.54) is 17.8 Å². The Bertz CT molecular complexity index is 281. The Balaban J connectivity index is 3.07. The number of aliphatic hydroxyl groups is 1. The largest absolute Gasteiger partial charge is 0.434 e. The van der Waals surface area contributed by atoms with Crippen molar-refractivity contribution in [2.45, 2.75) is 6.61 Å². The highest BCUT2D eigenvalue weighted by molar-refractivity contribution is 5.12. The number of aliphatic hydroxyl groups excluding tert-OH is 1. The van der Waals surface area contributed by atoms with Gasteiger partial charge in [0.1, 0.15) is 12.8 Å². The third-order valence-corrected chi connectivity index (χ3v) is 1.23. The minimum Gasteiger partial charge on any atom is -0.390 e. The van der Waals surface area contributed by atoms with Gasteiger partial charge in [-0.3, -0.25) is 0 Å². The van der Waals surface area contributed by atoms with Crippen molar-refractivity contribution in [2.75, 3.05) is 0 Å². The minimum absolute atomic E-state index is 0.256. The Kier molecular flexibility index (Phi) is 1.86. The van der Waals surface area contributed by atoms with Gasteiger partial charge in [0.25, 0.3) is 0 Å². The molecule has 0 aliphatic heterocycles. The van der Waals surface area contributed by atoms with Crippen molar-refractivity contribution in [2.24, 2.45) is 7.05 Å². The maximum atomic E-state index is 10.2. The minimum atomic E-state index is -0.598. The maximum Gasteiger partial charge on any atom is 0.434 e. The van der Waals surface area contributed by atoms with Gasteiger partial charge in [0.15, 0.2) is 5.69 Å². The molecule has 0 aromatic carbocycles. The summed E-state index contributed by atoms with van der Waals surface area (Å²) in [6.07, 6.45) is 1.41. The molecule has 0 aliphatic rings. The number of aryl methyl sites for hydroxylation is 1. The molecule has 11 heavy (non-hydrogen) atoms. The first-order valence-corrected chi connectivity index (χ1v) is 2.92. The number of hydrogen-bond acceptors (Lipinski definition) is 4. The molecule has 0 amide bonds. The Labute approximate surface area is 62.2 Å². The van der Waals surface area contributed by atoms with E-state index in [9.17, 15) is 10.1 Å². The second kappa shape index (κ2) is 2.67. The fourth-order valence-corrected chi connectivity index (χ4v) is 0.763. The maximum absolute atomic E-state index is 10.2. The van der Waals surface area contributed by atoms with Crippen LogP contribution in [0.5, 0.6) is 0 Å². The van der Waals surface area contributed by atoms with E-state index in [1.54, 1.807) is 0 Å². The van der Waals surface area contributed by atoms with Gasteiger partial charge >= 0.3 is 5.95 Å². The van der Waals surface area contributed by atoms with Crippen LogP contribution in [0.4, 0.5) is 5.95 Å². The fraction of sp³-hybridized carbons (Fsp3) is 0.400. The molecule has 0 saturated carbocycles. The second-order valence-electron chi connectivity index (χ2n) is 2.06. The van der Waals surface area contributed by atoms with Crippen molar-refractivity contribution in [3.63, 3.8) is 0 Å². The highest BCUT2D eigenvalue weighted by Gasteiger charge is 2.14. The van der Waals surface area contributed by atoms with Crippen LogP contribution in [0.25, 0.3) is 0 Å². The lowest BCUT2D eigenvalue weighted by atomic mass is 10.5. The van der Waals surface area contributed by atoms with Gasteiger partial charge in [-0.15, -0.1) is 0 Å². The lowest BCUT2D eigenvalue weighted by molar-refractivity contribution is -0.396. The monoisotopic (exact) mass is 157 g/mol. The average Bonchev–Trinajstić information content (AvgIpc) is 2.30. The van der Waals surface area contributed by atoms with Crippen LogP contribution in [-0.4, -0.2) is 19.6 Å². The van der Waals surface area contributed by atoms with Crippen LogP contribution in [0.2, 0.25) is 0 Å². The van der Waals surface area contributed by atoms with Crippen molar-refractivity contribution in [3.8, 4) is 0 Å². The van der Waals surface area contributed by atoms with Crippen LogP contribution < -0.4 is 0 Å². The molecule has 1 aromatic rings. The fourth-order valence-electron chi connectivity index (χ4n) is 0.763. The summed E-state index contributed by atoms with van der Waals surface area (Å²) in [4.78, 5) is 13.1. The number of rotatable bonds is 2. The standard InChI is InChI=1S/C5H7N3O3/c1-7-2-4(3-9)6-5(7)8(10)11/h2,9H,3H2,1H3. The molecule has 60 valence electrons. The summed E-state index contributed by atoms with van der Waals surface area (Å²) in [6.45, 7) is -0.276. The van der Waals surface area contributed by atoms with Gasteiger partial charge in [0.05, 0.1) is 7.05 Å². The molecule has 0 saturated heterocycles. The zero-order valence-electron chi connectivity index (χ0n) is 5.89. The number of nitrogens with zero attached hydrogens (tertiary/aromatic N) is 3.